The number of nitrogens with zero attached hydrogens (tertiary/aromatic N) is 1. The smallest absolute Gasteiger partial charge is 0.151 e. The first-order chi connectivity index (χ1) is 8.87. The zero-order chi connectivity index (χ0) is 14.5. The first-order valence-electron chi connectivity index (χ1n) is 7.55. The maximum Gasteiger partial charge on any atom is 0.151 e. The fraction of sp³-hybridized carbons (Fsp3) is 1.00. The molecule has 5 heteroatoms. The Morgan fingerprint density at radius 3 is 2.47 bits per heavy atom. The number of nitrogens with one attached hydrogen (secondary N) is 1. The molecule has 1 rings (SSSR count). The van der Waals surface area contributed by atoms with Gasteiger partial charge in [-0.1, -0.05) is 20.8 Å². The first kappa shape index (κ1) is 16.9. The fourth-order valence-electron chi connectivity index (χ4n) is 2.67. The molecule has 0 aliphatic carbocycles. The Balaban J connectivity index is 2.65. The van der Waals surface area contributed by atoms with Gasteiger partial charge in [0, 0.05) is 37.0 Å². The summed E-state index contributed by atoms with van der Waals surface area (Å²) in [7, 11) is -2.88. The Hall–Kier alpha value is -0.130. The van der Waals surface area contributed by atoms with Crippen LogP contribution in [0.5, 0.6) is 0 Å². The molecule has 1 heterocycles. The predicted molar refractivity (Wildman–Crippen MR) is 81.3 cm³/mol. The molecule has 2 atom stereocenters. The minimum atomic E-state index is -2.88. The van der Waals surface area contributed by atoms with Gasteiger partial charge in [0.25, 0.3) is 0 Å². The van der Waals surface area contributed by atoms with Gasteiger partial charge in [-0.25, -0.2) is 8.42 Å². The minimum Gasteiger partial charge on any atom is -0.311 e. The van der Waals surface area contributed by atoms with Crippen molar-refractivity contribution in [1.29, 1.82) is 0 Å². The maximum atomic E-state index is 11.9. The molecule has 0 spiro atoms. The van der Waals surface area contributed by atoms with Gasteiger partial charge in [0.15, 0.2) is 9.84 Å². The molecule has 1 aliphatic heterocycles. The Kier molecular flexibility index (Phi) is 6.27. The highest BCUT2D eigenvalue weighted by Crippen LogP contribution is 2.23. The molecular weight excluding hydrogens is 260 g/mol. The van der Waals surface area contributed by atoms with Gasteiger partial charge in [0.05, 0.1) is 5.75 Å². The molecule has 1 N–H and O–H groups in total. The van der Waals surface area contributed by atoms with Crippen LogP contribution in [0.4, 0.5) is 0 Å². The lowest BCUT2D eigenvalue weighted by Gasteiger charge is -2.48. The SMILES string of the molecule is CCCS(=O)(=O)CCN1CC(CC)NCC1(C)CC. The monoisotopic (exact) mass is 290 g/mol. The summed E-state index contributed by atoms with van der Waals surface area (Å²) in [6.07, 6.45) is 2.86. The second-order valence-electron chi connectivity index (χ2n) is 5.93. The molecule has 4 nitrogen and oxygen atoms in total. The van der Waals surface area contributed by atoms with Gasteiger partial charge >= 0.3 is 0 Å². The van der Waals surface area contributed by atoms with Crippen LogP contribution in [0.2, 0.25) is 0 Å². The van der Waals surface area contributed by atoms with Crippen molar-refractivity contribution in [2.24, 2.45) is 0 Å². The number of hydrogen-bond donors (Lipinski definition) is 1. The van der Waals surface area contributed by atoms with Gasteiger partial charge in [-0.15, -0.1) is 0 Å². The van der Waals surface area contributed by atoms with E-state index in [9.17, 15) is 8.42 Å². The van der Waals surface area contributed by atoms with E-state index in [4.69, 9.17) is 0 Å². The van der Waals surface area contributed by atoms with E-state index in [1.54, 1.807) is 0 Å². The molecule has 0 saturated carbocycles. The molecule has 0 radical (unpaired) electrons. The molecule has 0 aromatic carbocycles. The van der Waals surface area contributed by atoms with Crippen molar-refractivity contribution in [3.05, 3.63) is 0 Å². The molecule has 1 fully saturated rings. The third-order valence-corrected chi connectivity index (χ3v) is 6.25. The molecule has 0 amide bonds. The van der Waals surface area contributed by atoms with Crippen LogP contribution in [0.1, 0.15) is 47.0 Å². The average Bonchev–Trinajstić information content (AvgIpc) is 2.37. The van der Waals surface area contributed by atoms with E-state index in [2.05, 4.69) is 31.0 Å². The third kappa shape index (κ3) is 4.72. The Bertz CT molecular complexity index is 370. The van der Waals surface area contributed by atoms with Crippen molar-refractivity contribution in [3.8, 4) is 0 Å². The summed E-state index contributed by atoms with van der Waals surface area (Å²) in [6.45, 7) is 11.1. The van der Waals surface area contributed by atoms with E-state index in [1.165, 1.54) is 0 Å². The van der Waals surface area contributed by atoms with Crippen LogP contribution in [0.3, 0.4) is 0 Å². The van der Waals surface area contributed by atoms with Gasteiger partial charge in [-0.05, 0) is 26.2 Å². The van der Waals surface area contributed by atoms with Gasteiger partial charge in [-0.3, -0.25) is 4.90 Å². The maximum absolute atomic E-state index is 11.9. The average molecular weight is 290 g/mol. The number of piperazine rings is 1. The largest absolute Gasteiger partial charge is 0.311 e. The van der Waals surface area contributed by atoms with Crippen LogP contribution in [0, 0.1) is 0 Å². The van der Waals surface area contributed by atoms with Crippen LogP contribution >= 0.6 is 0 Å². The zero-order valence-electron chi connectivity index (χ0n) is 12.9. The van der Waals surface area contributed by atoms with Crippen molar-refractivity contribution in [2.75, 3.05) is 31.1 Å². The number of sulfone groups is 1. The molecule has 19 heavy (non-hydrogen) atoms. The summed E-state index contributed by atoms with van der Waals surface area (Å²) in [5.41, 5.74) is 0.0907. The molecular formula is C14H30N2O2S. The molecule has 114 valence electrons. The second-order valence-corrected chi connectivity index (χ2v) is 8.24. The quantitative estimate of drug-likeness (QED) is 0.775. The van der Waals surface area contributed by atoms with E-state index in [-0.39, 0.29) is 5.54 Å². The zero-order valence-corrected chi connectivity index (χ0v) is 13.7. The van der Waals surface area contributed by atoms with Crippen molar-refractivity contribution < 1.29 is 8.42 Å². The first-order valence-corrected chi connectivity index (χ1v) is 9.38. The third-order valence-electron chi connectivity index (χ3n) is 4.42. The lowest BCUT2D eigenvalue weighted by molar-refractivity contribution is 0.0541. The summed E-state index contributed by atoms with van der Waals surface area (Å²) in [5, 5.41) is 3.57. The summed E-state index contributed by atoms with van der Waals surface area (Å²) in [6, 6.07) is 0.494. The lowest BCUT2D eigenvalue weighted by atomic mass is 9.91. The van der Waals surface area contributed by atoms with Gasteiger partial charge < -0.3 is 5.32 Å². The van der Waals surface area contributed by atoms with Crippen LogP contribution in [-0.2, 0) is 9.84 Å². The summed E-state index contributed by atoms with van der Waals surface area (Å²) >= 11 is 0. The number of rotatable bonds is 7. The van der Waals surface area contributed by atoms with E-state index < -0.39 is 9.84 Å². The van der Waals surface area contributed by atoms with Crippen LogP contribution in [-0.4, -0.2) is 56.0 Å². The van der Waals surface area contributed by atoms with Gasteiger partial charge in [0.2, 0.25) is 0 Å². The Labute approximate surface area is 118 Å². The molecule has 0 bridgehead atoms. The highest BCUT2D eigenvalue weighted by molar-refractivity contribution is 7.91. The lowest BCUT2D eigenvalue weighted by Crippen LogP contribution is -2.63. The second kappa shape index (κ2) is 7.04. The predicted octanol–water partition coefficient (Wildman–Crippen LogP) is 1.66. The van der Waals surface area contributed by atoms with Crippen LogP contribution < -0.4 is 5.32 Å². The molecule has 2 unspecified atom stereocenters. The van der Waals surface area contributed by atoms with Gasteiger partial charge in [-0.2, -0.15) is 0 Å². The van der Waals surface area contributed by atoms with Crippen molar-refractivity contribution in [1.82, 2.24) is 10.2 Å². The summed E-state index contributed by atoms with van der Waals surface area (Å²) in [4.78, 5) is 2.38. The highest BCUT2D eigenvalue weighted by atomic mass is 32.2. The standard InChI is InChI=1S/C14H30N2O2S/c1-5-9-19(17,18)10-8-16-11-13(6-2)15-12-14(16,4)7-3/h13,15H,5-12H2,1-4H3. The molecule has 0 aromatic heterocycles. The highest BCUT2D eigenvalue weighted by Gasteiger charge is 2.35. The van der Waals surface area contributed by atoms with E-state index in [0.29, 0.717) is 30.5 Å². The van der Waals surface area contributed by atoms with E-state index in [0.717, 1.165) is 25.9 Å². The number of hydrogen-bond acceptors (Lipinski definition) is 4. The Morgan fingerprint density at radius 1 is 1.26 bits per heavy atom. The fourth-order valence-corrected chi connectivity index (χ4v) is 4.00. The molecule has 1 aliphatic rings. The summed E-state index contributed by atoms with van der Waals surface area (Å²) in [5.74, 6) is 0.617. The summed E-state index contributed by atoms with van der Waals surface area (Å²) < 4.78 is 23.8. The van der Waals surface area contributed by atoms with Crippen molar-refractivity contribution in [3.63, 3.8) is 0 Å². The Morgan fingerprint density at radius 2 is 1.95 bits per heavy atom. The van der Waals surface area contributed by atoms with E-state index in [1.807, 2.05) is 6.92 Å². The minimum absolute atomic E-state index is 0.0907. The van der Waals surface area contributed by atoms with Crippen LogP contribution in [0.25, 0.3) is 0 Å². The van der Waals surface area contributed by atoms with Crippen LogP contribution in [0.15, 0.2) is 0 Å². The molecule has 1 saturated heterocycles. The van der Waals surface area contributed by atoms with Crippen molar-refractivity contribution >= 4 is 9.84 Å². The van der Waals surface area contributed by atoms with E-state index >= 15 is 0 Å². The topological polar surface area (TPSA) is 49.4 Å². The van der Waals surface area contributed by atoms with Crippen molar-refractivity contribution in [2.45, 2.75) is 58.5 Å². The molecule has 0 aromatic rings. The van der Waals surface area contributed by atoms with Gasteiger partial charge in [0.1, 0.15) is 0 Å². The normalized spacial score (nSPS) is 29.6.